The average molecular weight is 276 g/mol. The largest absolute Gasteiger partial charge is 0.465 e. The molecule has 3 unspecified atom stereocenters. The topological polar surface area (TPSA) is 51.2 Å². The number of aliphatic hydroxyl groups is 1. The lowest BCUT2D eigenvalue weighted by Crippen LogP contribution is -2.45. The minimum absolute atomic E-state index is 0.257. The molecule has 0 amide bonds. The van der Waals surface area contributed by atoms with Gasteiger partial charge in [-0.1, -0.05) is 24.8 Å². The van der Waals surface area contributed by atoms with Crippen molar-refractivity contribution in [3.05, 3.63) is 42.6 Å². The van der Waals surface area contributed by atoms with Gasteiger partial charge in [0.1, 0.15) is 5.76 Å². The molecule has 1 aliphatic rings. The zero-order valence-electron chi connectivity index (χ0n) is 10.9. The number of imidazole rings is 1. The van der Waals surface area contributed by atoms with E-state index >= 15 is 0 Å². The molecule has 0 spiro atoms. The maximum atomic E-state index is 10.6. The summed E-state index contributed by atoms with van der Waals surface area (Å²) in [4.78, 5) is 4.31. The third-order valence-electron chi connectivity index (χ3n) is 3.82. The van der Waals surface area contributed by atoms with E-state index in [9.17, 15) is 5.11 Å². The van der Waals surface area contributed by atoms with Crippen LogP contribution in [0, 0.1) is 0 Å². The molecule has 3 atom stereocenters. The normalized spacial score (nSPS) is 27.8. The Balaban J connectivity index is 1.88. The molecule has 19 heavy (non-hydrogen) atoms. The molecule has 0 aliphatic carbocycles. The molecule has 0 bridgehead atoms. The third-order valence-corrected chi connectivity index (χ3v) is 5.16. The minimum atomic E-state index is -0.601. The molecule has 100 valence electrons. The molecule has 4 nitrogen and oxygen atoms in total. The summed E-state index contributed by atoms with van der Waals surface area (Å²) in [5.41, 5.74) is -0.389. The number of fused-ring (bicyclic) bond motifs is 1. The maximum absolute atomic E-state index is 10.6. The van der Waals surface area contributed by atoms with E-state index in [1.807, 2.05) is 24.4 Å². The van der Waals surface area contributed by atoms with Crippen LogP contribution in [0.1, 0.15) is 19.6 Å². The molecule has 1 N–H and O–H groups in total. The van der Waals surface area contributed by atoms with Gasteiger partial charge in [0.2, 0.25) is 0 Å². The molecule has 0 aromatic carbocycles. The highest BCUT2D eigenvalue weighted by Crippen LogP contribution is 2.45. The molecule has 0 fully saturated rings. The second-order valence-corrected chi connectivity index (χ2v) is 6.19. The van der Waals surface area contributed by atoms with Crippen LogP contribution < -0.4 is 0 Å². The molecule has 2 aromatic rings. The number of rotatable bonds is 3. The molecular formula is C14H16N2O2S. The number of nitrogens with zero attached hydrogens (tertiary/aromatic N) is 2. The van der Waals surface area contributed by atoms with E-state index in [0.717, 1.165) is 10.9 Å². The van der Waals surface area contributed by atoms with Gasteiger partial charge in [-0.15, -0.1) is 0 Å². The van der Waals surface area contributed by atoms with Gasteiger partial charge in [-0.2, -0.15) is 0 Å². The highest BCUT2D eigenvalue weighted by atomic mass is 32.2. The Kier molecular flexibility index (Phi) is 3.03. The number of thioether (sulfide) groups is 1. The lowest BCUT2D eigenvalue weighted by atomic mass is 9.90. The highest BCUT2D eigenvalue weighted by Gasteiger charge is 2.46. The van der Waals surface area contributed by atoms with Crippen LogP contribution in [-0.2, 0) is 5.54 Å². The summed E-state index contributed by atoms with van der Waals surface area (Å²) in [5, 5.41) is 11.8. The van der Waals surface area contributed by atoms with E-state index in [1.165, 1.54) is 0 Å². The first kappa shape index (κ1) is 12.6. The number of aliphatic hydroxyl groups excluding tert-OH is 1. The monoisotopic (exact) mass is 276 g/mol. The Morgan fingerprint density at radius 3 is 3.21 bits per heavy atom. The fourth-order valence-corrected chi connectivity index (χ4v) is 3.67. The van der Waals surface area contributed by atoms with Crippen molar-refractivity contribution in [1.29, 1.82) is 0 Å². The van der Waals surface area contributed by atoms with Crippen LogP contribution in [0.15, 0.2) is 46.4 Å². The van der Waals surface area contributed by atoms with Gasteiger partial charge in [-0.05, 0) is 25.1 Å². The van der Waals surface area contributed by atoms with E-state index in [1.54, 1.807) is 30.3 Å². The zero-order chi connectivity index (χ0) is 13.5. The Morgan fingerprint density at radius 1 is 1.63 bits per heavy atom. The third kappa shape index (κ3) is 1.93. The van der Waals surface area contributed by atoms with E-state index in [0.29, 0.717) is 0 Å². The zero-order valence-corrected chi connectivity index (χ0v) is 11.7. The van der Waals surface area contributed by atoms with Crippen molar-refractivity contribution in [3.8, 4) is 0 Å². The van der Waals surface area contributed by atoms with Gasteiger partial charge >= 0.3 is 0 Å². The minimum Gasteiger partial charge on any atom is -0.465 e. The Morgan fingerprint density at radius 2 is 2.47 bits per heavy atom. The van der Waals surface area contributed by atoms with Crippen molar-refractivity contribution in [2.24, 2.45) is 0 Å². The maximum Gasteiger partial charge on any atom is 0.168 e. The summed E-state index contributed by atoms with van der Waals surface area (Å²) in [5.74, 6) is 0.742. The molecule has 0 saturated heterocycles. The molecule has 3 rings (SSSR count). The molecule has 0 radical (unpaired) electrons. The van der Waals surface area contributed by atoms with Crippen LogP contribution in [0.25, 0.3) is 6.08 Å². The predicted molar refractivity (Wildman–Crippen MR) is 74.9 cm³/mol. The van der Waals surface area contributed by atoms with Crippen LogP contribution in [0.3, 0.4) is 0 Å². The van der Waals surface area contributed by atoms with Crippen molar-refractivity contribution in [2.45, 2.75) is 35.9 Å². The van der Waals surface area contributed by atoms with Crippen LogP contribution in [0.2, 0.25) is 0 Å². The number of furan rings is 1. The van der Waals surface area contributed by atoms with Crippen LogP contribution >= 0.6 is 11.8 Å². The van der Waals surface area contributed by atoms with Crippen LogP contribution in [0.5, 0.6) is 0 Å². The number of hydrogen-bond acceptors (Lipinski definition) is 4. The van der Waals surface area contributed by atoms with Gasteiger partial charge in [-0.25, -0.2) is 4.98 Å². The van der Waals surface area contributed by atoms with E-state index < -0.39 is 6.10 Å². The van der Waals surface area contributed by atoms with E-state index in [-0.39, 0.29) is 10.8 Å². The van der Waals surface area contributed by atoms with Gasteiger partial charge < -0.3 is 14.1 Å². The van der Waals surface area contributed by atoms with Crippen molar-refractivity contribution in [2.75, 3.05) is 0 Å². The Hall–Kier alpha value is -1.46. The molecule has 1 aliphatic heterocycles. The van der Waals surface area contributed by atoms with E-state index in [2.05, 4.69) is 23.4 Å². The second-order valence-electron chi connectivity index (χ2n) is 4.89. The summed E-state index contributed by atoms with van der Waals surface area (Å²) in [7, 11) is 0. The van der Waals surface area contributed by atoms with Crippen LogP contribution in [0.4, 0.5) is 0 Å². The summed E-state index contributed by atoms with van der Waals surface area (Å²) >= 11 is 1.69. The van der Waals surface area contributed by atoms with Crippen molar-refractivity contribution >= 4 is 17.8 Å². The van der Waals surface area contributed by atoms with Crippen LogP contribution in [-0.4, -0.2) is 26.0 Å². The molecule has 2 aromatic heterocycles. The Bertz CT molecular complexity index is 590. The quantitative estimate of drug-likeness (QED) is 0.936. The van der Waals surface area contributed by atoms with Gasteiger partial charge in [0, 0.05) is 17.6 Å². The first-order valence-electron chi connectivity index (χ1n) is 6.22. The summed E-state index contributed by atoms with van der Waals surface area (Å²) in [6.45, 7) is 4.17. The van der Waals surface area contributed by atoms with Crippen molar-refractivity contribution in [1.82, 2.24) is 9.55 Å². The van der Waals surface area contributed by atoms with Gasteiger partial charge in [0.15, 0.2) is 5.16 Å². The molecular weight excluding hydrogens is 260 g/mol. The SMILES string of the molecule is CC1Sc2nccn2C1(C)C(O)C=Cc1ccco1. The van der Waals surface area contributed by atoms with Gasteiger partial charge in [0.05, 0.1) is 17.9 Å². The summed E-state index contributed by atoms with van der Waals surface area (Å²) < 4.78 is 7.29. The first-order valence-corrected chi connectivity index (χ1v) is 7.10. The lowest BCUT2D eigenvalue weighted by molar-refractivity contribution is 0.0843. The van der Waals surface area contributed by atoms with Crippen molar-refractivity contribution < 1.29 is 9.52 Å². The fourth-order valence-electron chi connectivity index (χ4n) is 2.37. The second kappa shape index (κ2) is 4.58. The highest BCUT2D eigenvalue weighted by molar-refractivity contribution is 8.00. The van der Waals surface area contributed by atoms with Crippen molar-refractivity contribution in [3.63, 3.8) is 0 Å². The summed E-state index contributed by atoms with van der Waals surface area (Å²) in [6, 6.07) is 3.69. The first-order chi connectivity index (χ1) is 9.12. The standard InChI is InChI=1S/C14H16N2O2S/c1-10-14(2,16-8-7-15-13(16)19-10)12(17)6-5-11-4-3-9-18-11/h3-10,12,17H,1-2H3. The summed E-state index contributed by atoms with van der Waals surface area (Å²) in [6.07, 6.45) is 8.31. The number of aromatic nitrogens is 2. The molecule has 5 heteroatoms. The predicted octanol–water partition coefficient (Wildman–Crippen LogP) is 2.76. The number of hydrogen-bond donors (Lipinski definition) is 1. The van der Waals surface area contributed by atoms with Gasteiger partial charge in [0.25, 0.3) is 0 Å². The lowest BCUT2D eigenvalue weighted by Gasteiger charge is -2.33. The average Bonchev–Trinajstić information content (AvgIpc) is 3.08. The fraction of sp³-hybridized carbons (Fsp3) is 0.357. The Labute approximate surface area is 116 Å². The van der Waals surface area contributed by atoms with E-state index in [4.69, 9.17) is 4.42 Å². The smallest absolute Gasteiger partial charge is 0.168 e. The van der Waals surface area contributed by atoms with Gasteiger partial charge in [-0.3, -0.25) is 0 Å². The molecule has 3 heterocycles. The molecule has 0 saturated carbocycles.